The molecule has 0 bridgehead atoms. The molecule has 7 heteroatoms. The Bertz CT molecular complexity index is 1120. The van der Waals surface area contributed by atoms with Crippen LogP contribution in [0.4, 0.5) is 6.01 Å². The lowest BCUT2D eigenvalue weighted by molar-refractivity contribution is -0.116. The first kappa shape index (κ1) is 17.4. The molecule has 0 amide bonds. The van der Waals surface area contributed by atoms with Crippen molar-refractivity contribution in [2.45, 2.75) is 25.3 Å². The third-order valence-corrected chi connectivity index (χ3v) is 5.96. The molecule has 0 fully saturated rings. The van der Waals surface area contributed by atoms with Crippen LogP contribution in [0.2, 0.25) is 0 Å². The van der Waals surface area contributed by atoms with Crippen LogP contribution in [0.3, 0.4) is 0 Å². The summed E-state index contributed by atoms with van der Waals surface area (Å²) in [7, 11) is 0. The van der Waals surface area contributed by atoms with E-state index in [0.29, 0.717) is 24.0 Å². The Morgan fingerprint density at radius 2 is 1.93 bits per heavy atom. The van der Waals surface area contributed by atoms with Gasteiger partial charge in [-0.3, -0.25) is 10.1 Å². The number of aliphatic imine (C=N–C) groups is 1. The number of nitrogens with zero attached hydrogens (tertiary/aromatic N) is 2. The highest BCUT2D eigenvalue weighted by Crippen LogP contribution is 2.38. The van der Waals surface area contributed by atoms with Crippen molar-refractivity contribution in [2.24, 2.45) is 4.99 Å². The molecular formula is C21H17IN4O2. The molecule has 28 heavy (non-hydrogen) atoms. The molecule has 2 heterocycles. The lowest BCUT2D eigenvalue weighted by Gasteiger charge is -2.30. The van der Waals surface area contributed by atoms with Gasteiger partial charge in [-0.1, -0.05) is 30.3 Å². The number of rotatable bonds is 2. The standard InChI is InChI=1S/C21H17IN4O2/c22-13-7-2-1-6-12(13)19-18-15(9-5-10-16(18)27)23-20(25-19)26-21-24-14-8-3-4-11-17(14)28-21/h1-4,6-8,11,19H,5,9-10H2,(H2,23,24,25,26). The van der Waals surface area contributed by atoms with E-state index in [-0.39, 0.29) is 11.8 Å². The maximum Gasteiger partial charge on any atom is 0.302 e. The third-order valence-electron chi connectivity index (χ3n) is 4.98. The molecule has 0 saturated carbocycles. The SMILES string of the molecule is O=C1CCCC2=C1C(c1ccccc1I)N=C(Nc1nc3ccccc3o1)N2. The molecule has 5 rings (SSSR count). The number of carbonyl (C=O) groups excluding carboxylic acids is 1. The van der Waals surface area contributed by atoms with Crippen LogP contribution < -0.4 is 10.6 Å². The number of hydrogen-bond donors (Lipinski definition) is 2. The largest absolute Gasteiger partial charge is 0.423 e. The van der Waals surface area contributed by atoms with Crippen LogP contribution in [0.1, 0.15) is 30.9 Å². The fraction of sp³-hybridized carbons (Fsp3) is 0.190. The van der Waals surface area contributed by atoms with Crippen molar-refractivity contribution in [1.29, 1.82) is 0 Å². The number of aromatic nitrogens is 1. The second-order valence-corrected chi connectivity index (χ2v) is 7.97. The van der Waals surface area contributed by atoms with Gasteiger partial charge in [0.1, 0.15) is 11.6 Å². The minimum atomic E-state index is -0.330. The molecule has 140 valence electrons. The summed E-state index contributed by atoms with van der Waals surface area (Å²) in [6.07, 6.45) is 2.25. The Morgan fingerprint density at radius 1 is 1.11 bits per heavy atom. The van der Waals surface area contributed by atoms with Crippen LogP contribution in [0.25, 0.3) is 11.1 Å². The van der Waals surface area contributed by atoms with E-state index in [1.807, 2.05) is 48.5 Å². The van der Waals surface area contributed by atoms with Gasteiger partial charge < -0.3 is 9.73 Å². The van der Waals surface area contributed by atoms with Gasteiger partial charge in [-0.2, -0.15) is 4.98 Å². The molecule has 1 atom stereocenters. The number of nitrogens with one attached hydrogen (secondary N) is 2. The molecule has 0 saturated heterocycles. The van der Waals surface area contributed by atoms with E-state index in [1.54, 1.807) is 0 Å². The summed E-state index contributed by atoms with van der Waals surface area (Å²) in [4.78, 5) is 22.0. The first-order valence-corrected chi connectivity index (χ1v) is 10.2. The van der Waals surface area contributed by atoms with E-state index in [2.05, 4.69) is 38.2 Å². The highest BCUT2D eigenvalue weighted by atomic mass is 127. The molecule has 1 aliphatic heterocycles. The van der Waals surface area contributed by atoms with Gasteiger partial charge in [-0.05, 0) is 59.2 Å². The van der Waals surface area contributed by atoms with Gasteiger partial charge in [0, 0.05) is 21.3 Å². The molecule has 0 spiro atoms. The summed E-state index contributed by atoms with van der Waals surface area (Å²) >= 11 is 2.30. The molecule has 6 nitrogen and oxygen atoms in total. The van der Waals surface area contributed by atoms with E-state index in [1.165, 1.54) is 0 Å². The lowest BCUT2D eigenvalue weighted by atomic mass is 9.86. The van der Waals surface area contributed by atoms with Crippen molar-refractivity contribution < 1.29 is 9.21 Å². The number of carbonyl (C=O) groups is 1. The predicted octanol–water partition coefficient (Wildman–Crippen LogP) is 4.55. The number of para-hydroxylation sites is 2. The van der Waals surface area contributed by atoms with Crippen LogP contribution in [-0.2, 0) is 4.79 Å². The number of ketones is 1. The molecule has 3 aromatic rings. The van der Waals surface area contributed by atoms with Crippen LogP contribution >= 0.6 is 22.6 Å². The topological polar surface area (TPSA) is 79.5 Å². The molecule has 0 radical (unpaired) electrons. The number of oxazole rings is 1. The monoisotopic (exact) mass is 484 g/mol. The van der Waals surface area contributed by atoms with Gasteiger partial charge in [0.2, 0.25) is 5.96 Å². The van der Waals surface area contributed by atoms with Gasteiger partial charge in [-0.25, -0.2) is 4.99 Å². The number of guanidine groups is 1. The molecule has 1 aliphatic carbocycles. The summed E-state index contributed by atoms with van der Waals surface area (Å²) in [6, 6.07) is 15.7. The average Bonchev–Trinajstić information content (AvgIpc) is 3.10. The second-order valence-electron chi connectivity index (χ2n) is 6.81. The van der Waals surface area contributed by atoms with Crippen molar-refractivity contribution >= 4 is 51.4 Å². The van der Waals surface area contributed by atoms with E-state index in [0.717, 1.165) is 38.8 Å². The number of allylic oxidation sites excluding steroid dienone is 1. The smallest absolute Gasteiger partial charge is 0.302 e. The Morgan fingerprint density at radius 3 is 2.79 bits per heavy atom. The van der Waals surface area contributed by atoms with E-state index < -0.39 is 0 Å². The van der Waals surface area contributed by atoms with Crippen LogP contribution in [-0.4, -0.2) is 16.7 Å². The number of benzene rings is 2. The molecule has 2 aromatic carbocycles. The van der Waals surface area contributed by atoms with Crippen molar-refractivity contribution in [3.05, 3.63) is 68.9 Å². The number of Topliss-reactive ketones (excluding diaryl/α,β-unsaturated/α-hetero) is 1. The molecule has 2 N–H and O–H groups in total. The quantitative estimate of drug-likeness (QED) is 0.522. The zero-order valence-corrected chi connectivity index (χ0v) is 17.1. The van der Waals surface area contributed by atoms with Gasteiger partial charge in [0.05, 0.1) is 0 Å². The summed E-state index contributed by atoms with van der Waals surface area (Å²) in [5.74, 6) is 0.715. The number of anilines is 1. The zero-order chi connectivity index (χ0) is 19.1. The Labute approximate surface area is 175 Å². The normalized spacial score (nSPS) is 19.2. The summed E-state index contributed by atoms with van der Waals surface area (Å²) in [5.41, 5.74) is 4.24. The first-order valence-electron chi connectivity index (χ1n) is 9.17. The van der Waals surface area contributed by atoms with Crippen LogP contribution in [0, 0.1) is 3.57 Å². The Hall–Kier alpha value is -2.68. The van der Waals surface area contributed by atoms with Crippen molar-refractivity contribution in [3.63, 3.8) is 0 Å². The fourth-order valence-corrected chi connectivity index (χ4v) is 4.37. The number of hydrogen-bond acceptors (Lipinski definition) is 6. The number of halogens is 1. The number of fused-ring (bicyclic) bond motifs is 1. The fourth-order valence-electron chi connectivity index (χ4n) is 3.69. The predicted molar refractivity (Wildman–Crippen MR) is 116 cm³/mol. The summed E-state index contributed by atoms with van der Waals surface area (Å²) in [5, 5.41) is 6.44. The molecule has 2 aliphatic rings. The van der Waals surface area contributed by atoms with Gasteiger partial charge in [-0.15, -0.1) is 0 Å². The van der Waals surface area contributed by atoms with E-state index in [4.69, 9.17) is 9.41 Å². The summed E-state index contributed by atoms with van der Waals surface area (Å²) in [6.45, 7) is 0. The van der Waals surface area contributed by atoms with Gasteiger partial charge in [0.15, 0.2) is 11.4 Å². The average molecular weight is 484 g/mol. The Kier molecular flexibility index (Phi) is 4.38. The highest BCUT2D eigenvalue weighted by molar-refractivity contribution is 14.1. The first-order chi connectivity index (χ1) is 13.7. The van der Waals surface area contributed by atoms with Gasteiger partial charge in [0.25, 0.3) is 0 Å². The zero-order valence-electron chi connectivity index (χ0n) is 14.9. The van der Waals surface area contributed by atoms with E-state index >= 15 is 0 Å². The highest BCUT2D eigenvalue weighted by Gasteiger charge is 2.33. The summed E-state index contributed by atoms with van der Waals surface area (Å²) < 4.78 is 6.85. The third kappa shape index (κ3) is 3.09. The van der Waals surface area contributed by atoms with Crippen molar-refractivity contribution in [2.75, 3.05) is 5.32 Å². The molecular weight excluding hydrogens is 467 g/mol. The van der Waals surface area contributed by atoms with Gasteiger partial charge >= 0.3 is 6.01 Å². The van der Waals surface area contributed by atoms with Crippen molar-refractivity contribution in [1.82, 2.24) is 10.3 Å². The minimum absolute atomic E-state index is 0.170. The van der Waals surface area contributed by atoms with Crippen molar-refractivity contribution in [3.8, 4) is 0 Å². The van der Waals surface area contributed by atoms with Crippen LogP contribution in [0.5, 0.6) is 0 Å². The van der Waals surface area contributed by atoms with E-state index in [9.17, 15) is 4.79 Å². The maximum atomic E-state index is 12.7. The maximum absolute atomic E-state index is 12.7. The Balaban J connectivity index is 1.54. The lowest BCUT2D eigenvalue weighted by Crippen LogP contribution is -2.38. The molecule has 1 aromatic heterocycles. The second kappa shape index (κ2) is 7.05. The van der Waals surface area contributed by atoms with Crippen LogP contribution in [0.15, 0.2) is 69.2 Å². The molecule has 1 unspecified atom stereocenters. The minimum Gasteiger partial charge on any atom is -0.423 e.